The lowest BCUT2D eigenvalue weighted by Crippen LogP contribution is -2.16. The fourth-order valence-electron chi connectivity index (χ4n) is 2.14. The monoisotopic (exact) mass is 255 g/mol. The fourth-order valence-corrected chi connectivity index (χ4v) is 2.14. The van der Waals surface area contributed by atoms with Crippen LogP contribution in [0.1, 0.15) is 38.6 Å². The van der Waals surface area contributed by atoms with Crippen LogP contribution < -0.4 is 0 Å². The van der Waals surface area contributed by atoms with Gasteiger partial charge in [-0.05, 0) is 18.8 Å². The van der Waals surface area contributed by atoms with Gasteiger partial charge < -0.3 is 5.11 Å². The summed E-state index contributed by atoms with van der Waals surface area (Å²) in [4.78, 5) is 10.7. The largest absolute Gasteiger partial charge is 0.393 e. The molecular weight excluding hydrogens is 234 g/mol. The first-order valence-electron chi connectivity index (χ1n) is 6.24. The summed E-state index contributed by atoms with van der Waals surface area (Å²) in [6.07, 6.45) is 0.857. The quantitative estimate of drug-likeness (QED) is 0.621. The van der Waals surface area contributed by atoms with E-state index in [1.807, 2.05) is 20.8 Å². The zero-order valence-corrected chi connectivity index (χ0v) is 11.4. The third kappa shape index (κ3) is 3.29. The number of rotatable bonds is 6. The maximum absolute atomic E-state index is 11.1. The molecule has 0 fully saturated rings. The molecule has 1 N–H and O–H groups in total. The van der Waals surface area contributed by atoms with Crippen molar-refractivity contribution in [1.29, 1.82) is 0 Å². The van der Waals surface area contributed by atoms with E-state index in [4.69, 9.17) is 0 Å². The summed E-state index contributed by atoms with van der Waals surface area (Å²) in [5.41, 5.74) is 1.04. The molecule has 0 aliphatic carbocycles. The van der Waals surface area contributed by atoms with Crippen LogP contribution in [-0.2, 0) is 19.9 Å². The molecule has 18 heavy (non-hydrogen) atoms. The Balaban J connectivity index is 3.00. The number of aromatic nitrogens is 2. The lowest BCUT2D eigenvalue weighted by atomic mass is 10.0. The van der Waals surface area contributed by atoms with Gasteiger partial charge in [-0.15, -0.1) is 0 Å². The minimum atomic E-state index is -0.566. The van der Waals surface area contributed by atoms with Gasteiger partial charge in [-0.2, -0.15) is 5.10 Å². The Hall–Kier alpha value is -1.43. The summed E-state index contributed by atoms with van der Waals surface area (Å²) in [5, 5.41) is 25.2. The molecule has 0 amide bonds. The van der Waals surface area contributed by atoms with Crippen LogP contribution in [0.5, 0.6) is 0 Å². The van der Waals surface area contributed by atoms with Crippen molar-refractivity contribution in [2.45, 2.75) is 46.1 Å². The van der Waals surface area contributed by atoms with Gasteiger partial charge in [0.1, 0.15) is 11.4 Å². The summed E-state index contributed by atoms with van der Waals surface area (Å²) in [6, 6.07) is 0. The van der Waals surface area contributed by atoms with Crippen molar-refractivity contribution in [3.63, 3.8) is 0 Å². The molecule has 6 heteroatoms. The molecule has 1 aromatic rings. The summed E-state index contributed by atoms with van der Waals surface area (Å²) < 4.78 is 1.51. The molecular formula is C12H21N3O3. The third-order valence-electron chi connectivity index (χ3n) is 2.90. The summed E-state index contributed by atoms with van der Waals surface area (Å²) in [7, 11) is 1.68. The van der Waals surface area contributed by atoms with E-state index < -0.39 is 11.0 Å². The van der Waals surface area contributed by atoms with Crippen LogP contribution in [0.2, 0.25) is 0 Å². The van der Waals surface area contributed by atoms with Gasteiger partial charge in [-0.3, -0.25) is 14.8 Å². The maximum Gasteiger partial charge on any atom is 0.313 e. The van der Waals surface area contributed by atoms with Crippen LogP contribution in [0.25, 0.3) is 0 Å². The lowest BCUT2D eigenvalue weighted by Gasteiger charge is -2.12. The highest BCUT2D eigenvalue weighted by molar-refractivity contribution is 5.41. The normalized spacial score (nSPS) is 13.0. The molecule has 102 valence electrons. The van der Waals surface area contributed by atoms with Crippen LogP contribution in [0.4, 0.5) is 5.69 Å². The molecule has 0 saturated carbocycles. The molecule has 0 aliphatic heterocycles. The summed E-state index contributed by atoms with van der Waals surface area (Å²) >= 11 is 0. The first kappa shape index (κ1) is 14.6. The van der Waals surface area contributed by atoms with Crippen LogP contribution >= 0.6 is 0 Å². The molecule has 0 aliphatic rings. The Morgan fingerprint density at radius 1 is 1.50 bits per heavy atom. The van der Waals surface area contributed by atoms with Gasteiger partial charge >= 0.3 is 5.69 Å². The average molecular weight is 255 g/mol. The zero-order chi connectivity index (χ0) is 13.9. The van der Waals surface area contributed by atoms with E-state index in [9.17, 15) is 15.2 Å². The van der Waals surface area contributed by atoms with E-state index in [1.54, 1.807) is 7.05 Å². The first-order valence-corrected chi connectivity index (χ1v) is 6.24. The van der Waals surface area contributed by atoms with Crippen molar-refractivity contribution in [1.82, 2.24) is 9.78 Å². The highest BCUT2D eigenvalue weighted by Gasteiger charge is 2.26. The second-order valence-corrected chi connectivity index (χ2v) is 4.96. The Kier molecular flexibility index (Phi) is 4.84. The van der Waals surface area contributed by atoms with E-state index in [-0.39, 0.29) is 12.1 Å². The Morgan fingerprint density at radius 2 is 2.11 bits per heavy atom. The number of aliphatic hydroxyl groups excluding tert-OH is 1. The van der Waals surface area contributed by atoms with Crippen LogP contribution in [0.15, 0.2) is 0 Å². The molecule has 1 unspecified atom stereocenters. The van der Waals surface area contributed by atoms with Crippen LogP contribution in [0, 0.1) is 16.0 Å². The van der Waals surface area contributed by atoms with Crippen molar-refractivity contribution in [3.8, 4) is 0 Å². The molecule has 0 saturated heterocycles. The van der Waals surface area contributed by atoms with Gasteiger partial charge in [0.05, 0.1) is 11.0 Å². The molecule has 1 heterocycles. The summed E-state index contributed by atoms with van der Waals surface area (Å²) in [5.74, 6) is 0.359. The maximum atomic E-state index is 11.1. The van der Waals surface area contributed by atoms with E-state index >= 15 is 0 Å². The number of nitro groups is 1. The smallest absolute Gasteiger partial charge is 0.313 e. The highest BCUT2D eigenvalue weighted by Crippen LogP contribution is 2.25. The lowest BCUT2D eigenvalue weighted by molar-refractivity contribution is -0.386. The predicted octanol–water partition coefficient (Wildman–Crippen LogP) is 1.84. The second kappa shape index (κ2) is 5.95. The Bertz CT molecular complexity index is 426. The van der Waals surface area contributed by atoms with Crippen LogP contribution in [0.3, 0.4) is 0 Å². The van der Waals surface area contributed by atoms with Gasteiger partial charge in [0.25, 0.3) is 0 Å². The third-order valence-corrected chi connectivity index (χ3v) is 2.90. The standard InChI is InChI=1S/C12H21N3O3/c1-5-10-12(15(17)18)11(14(4)13-10)7-9(16)6-8(2)3/h8-9,16H,5-7H2,1-4H3. The number of aryl methyl sites for hydroxylation is 2. The molecule has 1 atom stereocenters. The van der Waals surface area contributed by atoms with E-state index in [0.29, 0.717) is 30.1 Å². The van der Waals surface area contributed by atoms with Crippen molar-refractivity contribution in [3.05, 3.63) is 21.5 Å². The molecule has 0 aromatic carbocycles. The first-order chi connectivity index (χ1) is 8.36. The summed E-state index contributed by atoms with van der Waals surface area (Å²) in [6.45, 7) is 5.86. The SMILES string of the molecule is CCc1nn(C)c(CC(O)CC(C)C)c1[N+](=O)[O-]. The van der Waals surface area contributed by atoms with Gasteiger partial charge in [0.15, 0.2) is 0 Å². The van der Waals surface area contributed by atoms with Crippen LogP contribution in [-0.4, -0.2) is 25.9 Å². The topological polar surface area (TPSA) is 81.2 Å². The molecule has 0 spiro atoms. The Labute approximate surface area is 107 Å². The van der Waals surface area contributed by atoms with Gasteiger partial charge in [0, 0.05) is 13.5 Å². The minimum absolute atomic E-state index is 0.0582. The van der Waals surface area contributed by atoms with Gasteiger partial charge in [-0.1, -0.05) is 20.8 Å². The molecule has 0 bridgehead atoms. The van der Waals surface area contributed by atoms with Gasteiger partial charge in [-0.25, -0.2) is 0 Å². The molecule has 6 nitrogen and oxygen atoms in total. The minimum Gasteiger partial charge on any atom is -0.393 e. The van der Waals surface area contributed by atoms with Crippen molar-refractivity contribution in [2.24, 2.45) is 13.0 Å². The van der Waals surface area contributed by atoms with E-state index in [2.05, 4.69) is 5.10 Å². The predicted molar refractivity (Wildman–Crippen MR) is 68.4 cm³/mol. The van der Waals surface area contributed by atoms with Crippen molar-refractivity contribution >= 4 is 5.69 Å². The number of nitrogens with zero attached hydrogens (tertiary/aromatic N) is 3. The van der Waals surface area contributed by atoms with E-state index in [1.165, 1.54) is 4.68 Å². The molecule has 0 radical (unpaired) electrons. The fraction of sp³-hybridized carbons (Fsp3) is 0.750. The van der Waals surface area contributed by atoms with Gasteiger partial charge in [0.2, 0.25) is 0 Å². The molecule has 1 rings (SSSR count). The second-order valence-electron chi connectivity index (χ2n) is 4.96. The zero-order valence-electron chi connectivity index (χ0n) is 11.4. The molecule has 1 aromatic heterocycles. The average Bonchev–Trinajstić information content (AvgIpc) is 2.54. The number of aliphatic hydroxyl groups is 1. The number of hydrogen-bond acceptors (Lipinski definition) is 4. The van der Waals surface area contributed by atoms with Crippen molar-refractivity contribution < 1.29 is 10.0 Å². The highest BCUT2D eigenvalue weighted by atomic mass is 16.6. The van der Waals surface area contributed by atoms with E-state index in [0.717, 1.165) is 0 Å². The Morgan fingerprint density at radius 3 is 2.56 bits per heavy atom. The number of hydrogen-bond donors (Lipinski definition) is 1. The van der Waals surface area contributed by atoms with Crippen molar-refractivity contribution in [2.75, 3.05) is 0 Å².